The average molecular weight is 227 g/mol. The summed E-state index contributed by atoms with van der Waals surface area (Å²) in [7, 11) is 0. The molecule has 2 unspecified atom stereocenters. The zero-order valence-electron chi connectivity index (χ0n) is 9.13. The molecule has 2 aliphatic rings. The Morgan fingerprint density at radius 2 is 2.31 bits per heavy atom. The lowest BCUT2D eigenvalue weighted by Gasteiger charge is -2.25. The van der Waals surface area contributed by atoms with Crippen LogP contribution in [-0.4, -0.2) is 47.7 Å². The van der Waals surface area contributed by atoms with Crippen molar-refractivity contribution in [3.05, 3.63) is 0 Å². The number of amidine groups is 1. The molecule has 0 saturated carbocycles. The zero-order valence-corrected chi connectivity index (χ0v) is 9.13. The first-order valence-electron chi connectivity index (χ1n) is 5.59. The van der Waals surface area contributed by atoms with Crippen LogP contribution in [0.1, 0.15) is 19.3 Å². The lowest BCUT2D eigenvalue weighted by molar-refractivity contribution is -0.135. The molecule has 2 atom stereocenters. The molecule has 3 N–H and O–H groups in total. The highest BCUT2D eigenvalue weighted by molar-refractivity contribution is 5.91. The second-order valence-corrected chi connectivity index (χ2v) is 4.28. The van der Waals surface area contributed by atoms with Crippen LogP contribution in [0.4, 0.5) is 0 Å². The first-order valence-corrected chi connectivity index (χ1v) is 5.59. The third-order valence-electron chi connectivity index (χ3n) is 3.27. The van der Waals surface area contributed by atoms with Gasteiger partial charge in [0.15, 0.2) is 5.84 Å². The van der Waals surface area contributed by atoms with Crippen molar-refractivity contribution in [3.8, 4) is 0 Å². The largest absolute Gasteiger partial charge is 0.409 e. The number of ether oxygens (including phenoxy) is 1. The van der Waals surface area contributed by atoms with Crippen LogP contribution in [-0.2, 0) is 9.53 Å². The fraction of sp³-hybridized carbons (Fsp3) is 0.800. The molecule has 0 aliphatic carbocycles. The summed E-state index contributed by atoms with van der Waals surface area (Å²) < 4.78 is 5.20. The van der Waals surface area contributed by atoms with Gasteiger partial charge in [0, 0.05) is 13.2 Å². The summed E-state index contributed by atoms with van der Waals surface area (Å²) in [5, 5.41) is 11.7. The molecule has 2 aliphatic heterocycles. The van der Waals surface area contributed by atoms with Gasteiger partial charge in [-0.15, -0.1) is 0 Å². The number of nitrogens with zero attached hydrogens (tertiary/aromatic N) is 2. The van der Waals surface area contributed by atoms with E-state index in [0.29, 0.717) is 19.8 Å². The van der Waals surface area contributed by atoms with Crippen LogP contribution in [0.5, 0.6) is 0 Å². The maximum atomic E-state index is 12.1. The molecular formula is C10H17N3O3. The molecule has 2 heterocycles. The Morgan fingerprint density at radius 3 is 2.94 bits per heavy atom. The van der Waals surface area contributed by atoms with Gasteiger partial charge in [0.05, 0.1) is 18.6 Å². The van der Waals surface area contributed by atoms with Crippen LogP contribution < -0.4 is 5.73 Å². The van der Waals surface area contributed by atoms with Gasteiger partial charge in [0.25, 0.3) is 0 Å². The highest BCUT2D eigenvalue weighted by Gasteiger charge is 2.36. The van der Waals surface area contributed by atoms with E-state index in [-0.39, 0.29) is 23.7 Å². The summed E-state index contributed by atoms with van der Waals surface area (Å²) in [5.74, 6) is 0.156. The maximum absolute atomic E-state index is 12.1. The third kappa shape index (κ3) is 1.97. The topological polar surface area (TPSA) is 88.2 Å². The molecule has 16 heavy (non-hydrogen) atoms. The van der Waals surface area contributed by atoms with E-state index in [1.54, 1.807) is 4.90 Å². The number of hydrogen-bond donors (Lipinski definition) is 2. The van der Waals surface area contributed by atoms with Crippen molar-refractivity contribution in [2.45, 2.75) is 25.3 Å². The van der Waals surface area contributed by atoms with Gasteiger partial charge in [-0.2, -0.15) is 0 Å². The first kappa shape index (κ1) is 11.2. The molecule has 0 spiro atoms. The molecule has 0 aromatic carbocycles. The number of rotatable bonds is 2. The van der Waals surface area contributed by atoms with Crippen molar-refractivity contribution in [1.29, 1.82) is 0 Å². The number of nitrogens with two attached hydrogens (primary N) is 1. The van der Waals surface area contributed by atoms with Crippen LogP contribution in [0.3, 0.4) is 0 Å². The smallest absolute Gasteiger partial charge is 0.228 e. The van der Waals surface area contributed by atoms with Crippen LogP contribution >= 0.6 is 0 Å². The fourth-order valence-corrected chi connectivity index (χ4v) is 2.37. The molecule has 6 heteroatoms. The second-order valence-electron chi connectivity index (χ2n) is 4.28. The summed E-state index contributed by atoms with van der Waals surface area (Å²) in [6, 6.07) is -0.238. The van der Waals surface area contributed by atoms with E-state index in [1.165, 1.54) is 0 Å². The summed E-state index contributed by atoms with van der Waals surface area (Å²) >= 11 is 0. The minimum atomic E-state index is -0.238. The van der Waals surface area contributed by atoms with Crippen molar-refractivity contribution >= 4 is 11.7 Å². The first-order chi connectivity index (χ1) is 7.74. The predicted molar refractivity (Wildman–Crippen MR) is 57.1 cm³/mol. The number of carbonyl (C=O) groups is 1. The van der Waals surface area contributed by atoms with Crippen molar-refractivity contribution in [3.63, 3.8) is 0 Å². The highest BCUT2D eigenvalue weighted by Crippen LogP contribution is 2.23. The summed E-state index contributed by atoms with van der Waals surface area (Å²) in [5.41, 5.74) is 5.58. The SMILES string of the molecule is NC(=NO)C1CCCN1C(=O)C1CCOC1. The van der Waals surface area contributed by atoms with Gasteiger partial charge in [0.1, 0.15) is 0 Å². The zero-order chi connectivity index (χ0) is 11.5. The number of amides is 1. The Hall–Kier alpha value is -1.30. The molecule has 1 amide bonds. The van der Waals surface area contributed by atoms with Crippen LogP contribution in [0.2, 0.25) is 0 Å². The van der Waals surface area contributed by atoms with Crippen molar-refractivity contribution < 1.29 is 14.7 Å². The Balaban J connectivity index is 2.04. The second kappa shape index (κ2) is 4.69. The van der Waals surface area contributed by atoms with Crippen LogP contribution in [0.25, 0.3) is 0 Å². The average Bonchev–Trinajstić information content (AvgIpc) is 2.97. The summed E-state index contributed by atoms with van der Waals surface area (Å²) in [6.07, 6.45) is 2.45. The molecule has 2 fully saturated rings. The monoisotopic (exact) mass is 227 g/mol. The number of hydrogen-bond acceptors (Lipinski definition) is 4. The molecule has 0 aromatic heterocycles. The van der Waals surface area contributed by atoms with E-state index >= 15 is 0 Å². The predicted octanol–water partition coefficient (Wildman–Crippen LogP) is -0.240. The molecule has 2 saturated heterocycles. The normalized spacial score (nSPS) is 31.0. The van der Waals surface area contributed by atoms with Crippen molar-refractivity contribution in [2.75, 3.05) is 19.8 Å². The highest BCUT2D eigenvalue weighted by atomic mass is 16.5. The molecular weight excluding hydrogens is 210 g/mol. The summed E-state index contributed by atoms with van der Waals surface area (Å²) in [6.45, 7) is 1.84. The molecule has 0 aromatic rings. The van der Waals surface area contributed by atoms with Gasteiger partial charge in [0.2, 0.25) is 5.91 Å². The number of likely N-dealkylation sites (tertiary alicyclic amines) is 1. The molecule has 6 nitrogen and oxygen atoms in total. The lowest BCUT2D eigenvalue weighted by atomic mass is 10.1. The van der Waals surface area contributed by atoms with E-state index < -0.39 is 0 Å². The van der Waals surface area contributed by atoms with Gasteiger partial charge >= 0.3 is 0 Å². The Morgan fingerprint density at radius 1 is 1.50 bits per heavy atom. The quantitative estimate of drug-likeness (QED) is 0.295. The van der Waals surface area contributed by atoms with Crippen LogP contribution in [0, 0.1) is 5.92 Å². The standard InChI is InChI=1S/C10H17N3O3/c11-9(12-15)8-2-1-4-13(8)10(14)7-3-5-16-6-7/h7-8,15H,1-6H2,(H2,11,12). The Bertz CT molecular complexity index is 300. The van der Waals surface area contributed by atoms with Gasteiger partial charge in [-0.05, 0) is 19.3 Å². The van der Waals surface area contributed by atoms with Gasteiger partial charge < -0.3 is 20.6 Å². The van der Waals surface area contributed by atoms with Gasteiger partial charge in [-0.25, -0.2) is 0 Å². The molecule has 2 rings (SSSR count). The van der Waals surface area contributed by atoms with E-state index in [1.807, 2.05) is 0 Å². The van der Waals surface area contributed by atoms with Crippen molar-refractivity contribution in [1.82, 2.24) is 4.90 Å². The lowest BCUT2D eigenvalue weighted by Crippen LogP contribution is -2.46. The minimum Gasteiger partial charge on any atom is -0.409 e. The molecule has 0 bridgehead atoms. The van der Waals surface area contributed by atoms with Gasteiger partial charge in [-0.1, -0.05) is 5.16 Å². The number of oxime groups is 1. The van der Waals surface area contributed by atoms with E-state index in [9.17, 15) is 4.79 Å². The van der Waals surface area contributed by atoms with E-state index in [0.717, 1.165) is 19.3 Å². The Kier molecular flexibility index (Phi) is 3.28. The van der Waals surface area contributed by atoms with Crippen molar-refractivity contribution in [2.24, 2.45) is 16.8 Å². The minimum absolute atomic E-state index is 0.0490. The van der Waals surface area contributed by atoms with E-state index in [4.69, 9.17) is 15.7 Å². The fourth-order valence-electron chi connectivity index (χ4n) is 2.37. The van der Waals surface area contributed by atoms with Crippen LogP contribution in [0.15, 0.2) is 5.16 Å². The third-order valence-corrected chi connectivity index (χ3v) is 3.27. The van der Waals surface area contributed by atoms with Gasteiger partial charge in [-0.3, -0.25) is 4.79 Å². The Labute approximate surface area is 94.0 Å². The maximum Gasteiger partial charge on any atom is 0.228 e. The molecule has 90 valence electrons. The summed E-state index contributed by atoms with van der Waals surface area (Å²) in [4.78, 5) is 13.8. The number of carbonyl (C=O) groups excluding carboxylic acids is 1. The molecule has 0 radical (unpaired) electrons. The van der Waals surface area contributed by atoms with E-state index in [2.05, 4.69) is 5.16 Å².